The van der Waals surface area contributed by atoms with E-state index in [1.54, 1.807) is 31.2 Å². The molecule has 174 valence electrons. The van der Waals surface area contributed by atoms with Crippen molar-refractivity contribution < 1.29 is 19.1 Å². The van der Waals surface area contributed by atoms with Crippen LogP contribution in [0.5, 0.6) is 5.75 Å². The first-order valence-corrected chi connectivity index (χ1v) is 11.7. The van der Waals surface area contributed by atoms with Crippen molar-refractivity contribution in [2.24, 2.45) is 0 Å². The first-order valence-electron chi connectivity index (χ1n) is 10.7. The molecule has 0 aliphatic rings. The number of carbonyl (C=O) groups is 2. The van der Waals surface area contributed by atoms with E-state index in [9.17, 15) is 9.59 Å². The number of hydrogen-bond donors (Lipinski definition) is 1. The second kappa shape index (κ2) is 11.5. The minimum absolute atomic E-state index is 0.176. The van der Waals surface area contributed by atoms with Crippen molar-refractivity contribution in [3.63, 3.8) is 0 Å². The Kier molecular flexibility index (Phi) is 8.48. The van der Waals surface area contributed by atoms with Crippen LogP contribution in [0.3, 0.4) is 0 Å². The Morgan fingerprint density at radius 2 is 1.73 bits per heavy atom. The molecule has 0 spiro atoms. The van der Waals surface area contributed by atoms with Gasteiger partial charge in [-0.15, -0.1) is 10.2 Å². The molecular weight excluding hydrogens is 440 g/mol. The highest BCUT2D eigenvalue weighted by Crippen LogP contribution is 2.21. The Labute approximate surface area is 197 Å². The Morgan fingerprint density at radius 1 is 1.03 bits per heavy atom. The van der Waals surface area contributed by atoms with E-state index in [1.165, 1.54) is 11.8 Å². The number of rotatable bonds is 10. The van der Waals surface area contributed by atoms with E-state index in [1.807, 2.05) is 37.5 Å². The van der Waals surface area contributed by atoms with Gasteiger partial charge < -0.3 is 19.4 Å². The first-order chi connectivity index (χ1) is 15.9. The number of anilines is 1. The summed E-state index contributed by atoms with van der Waals surface area (Å²) in [5.41, 5.74) is 3.32. The molecule has 9 heteroatoms. The average Bonchev–Trinajstić information content (AvgIpc) is 3.18. The van der Waals surface area contributed by atoms with Gasteiger partial charge in [-0.25, -0.2) is 4.79 Å². The molecule has 1 heterocycles. The van der Waals surface area contributed by atoms with Crippen LogP contribution < -0.4 is 10.1 Å². The van der Waals surface area contributed by atoms with Crippen LogP contribution in [0.25, 0.3) is 0 Å². The fraction of sp³-hybridized carbons (Fsp3) is 0.333. The zero-order chi connectivity index (χ0) is 23.8. The topological polar surface area (TPSA) is 95.3 Å². The Balaban J connectivity index is 1.55. The van der Waals surface area contributed by atoms with Crippen LogP contribution in [0.1, 0.15) is 41.2 Å². The number of hydrogen-bond acceptors (Lipinski definition) is 7. The van der Waals surface area contributed by atoms with Gasteiger partial charge in [0.15, 0.2) is 11.0 Å². The number of amides is 1. The van der Waals surface area contributed by atoms with Gasteiger partial charge in [0, 0.05) is 12.2 Å². The number of carbonyl (C=O) groups excluding carboxylic acids is 2. The summed E-state index contributed by atoms with van der Waals surface area (Å²) >= 11 is 1.31. The Morgan fingerprint density at radius 3 is 2.36 bits per heavy atom. The summed E-state index contributed by atoms with van der Waals surface area (Å²) in [5.74, 6) is 1.11. The maximum Gasteiger partial charge on any atom is 0.338 e. The molecule has 33 heavy (non-hydrogen) atoms. The molecule has 1 N–H and O–H groups in total. The van der Waals surface area contributed by atoms with Gasteiger partial charge in [0.25, 0.3) is 0 Å². The van der Waals surface area contributed by atoms with Crippen LogP contribution in [0.4, 0.5) is 5.69 Å². The highest BCUT2D eigenvalue weighted by molar-refractivity contribution is 7.99. The zero-order valence-corrected chi connectivity index (χ0v) is 20.1. The molecule has 3 aromatic rings. The summed E-state index contributed by atoms with van der Waals surface area (Å²) in [7, 11) is 0. The highest BCUT2D eigenvalue weighted by Gasteiger charge is 2.14. The van der Waals surface area contributed by atoms with Crippen LogP contribution in [-0.4, -0.2) is 39.0 Å². The molecule has 1 aromatic heterocycles. The van der Waals surface area contributed by atoms with Crippen molar-refractivity contribution in [2.45, 2.75) is 46.0 Å². The van der Waals surface area contributed by atoms with Crippen LogP contribution in [0.2, 0.25) is 0 Å². The predicted octanol–water partition coefficient (Wildman–Crippen LogP) is 4.40. The number of nitrogens with one attached hydrogen (secondary N) is 1. The molecule has 0 saturated heterocycles. The molecule has 2 aromatic carbocycles. The normalized spacial score (nSPS) is 10.7. The summed E-state index contributed by atoms with van der Waals surface area (Å²) < 4.78 is 12.8. The van der Waals surface area contributed by atoms with Crippen LogP contribution in [0.15, 0.2) is 47.6 Å². The third-order valence-electron chi connectivity index (χ3n) is 4.68. The largest absolute Gasteiger partial charge is 0.486 e. The fourth-order valence-electron chi connectivity index (χ4n) is 3.25. The van der Waals surface area contributed by atoms with Crippen molar-refractivity contribution >= 4 is 29.3 Å². The van der Waals surface area contributed by atoms with E-state index >= 15 is 0 Å². The van der Waals surface area contributed by atoms with Crippen molar-refractivity contribution in [1.29, 1.82) is 0 Å². The second-order valence-corrected chi connectivity index (χ2v) is 8.33. The van der Waals surface area contributed by atoms with Crippen molar-refractivity contribution in [2.75, 3.05) is 17.7 Å². The van der Waals surface area contributed by atoms with Crippen molar-refractivity contribution in [1.82, 2.24) is 14.8 Å². The lowest BCUT2D eigenvalue weighted by Crippen LogP contribution is -2.15. The van der Waals surface area contributed by atoms with Gasteiger partial charge in [0.1, 0.15) is 12.4 Å². The molecule has 0 atom stereocenters. The van der Waals surface area contributed by atoms with Gasteiger partial charge in [0.2, 0.25) is 5.91 Å². The molecule has 0 saturated carbocycles. The zero-order valence-electron chi connectivity index (χ0n) is 19.3. The van der Waals surface area contributed by atoms with Gasteiger partial charge >= 0.3 is 5.97 Å². The standard InChI is InChI=1S/C24H28N4O4S/c1-5-28-21(14-32-20-12-16(3)11-17(4)13-20)26-27-24(28)33-15-22(29)25-19-9-7-18(8-10-19)23(30)31-6-2/h7-13H,5-6,14-15H2,1-4H3,(H,25,29). The fourth-order valence-corrected chi connectivity index (χ4v) is 4.07. The average molecular weight is 469 g/mol. The smallest absolute Gasteiger partial charge is 0.338 e. The lowest BCUT2D eigenvalue weighted by Gasteiger charge is -2.10. The van der Waals surface area contributed by atoms with E-state index in [-0.39, 0.29) is 17.6 Å². The quantitative estimate of drug-likeness (QED) is 0.348. The van der Waals surface area contributed by atoms with E-state index in [4.69, 9.17) is 9.47 Å². The third kappa shape index (κ3) is 6.82. The van der Waals surface area contributed by atoms with Gasteiger partial charge in [-0.05, 0) is 75.2 Å². The Bertz CT molecular complexity index is 1090. The van der Waals surface area contributed by atoms with E-state index in [0.717, 1.165) is 16.9 Å². The summed E-state index contributed by atoms with van der Waals surface area (Å²) in [6.07, 6.45) is 0. The van der Waals surface area contributed by atoms with Crippen LogP contribution in [0, 0.1) is 13.8 Å². The molecular formula is C24H28N4O4S. The molecule has 0 aliphatic carbocycles. The maximum atomic E-state index is 12.4. The molecule has 0 fully saturated rings. The van der Waals surface area contributed by atoms with Gasteiger partial charge in [-0.3, -0.25) is 4.79 Å². The number of nitrogens with zero attached hydrogens (tertiary/aromatic N) is 3. The predicted molar refractivity (Wildman–Crippen MR) is 128 cm³/mol. The van der Waals surface area contributed by atoms with Gasteiger partial charge in [-0.2, -0.15) is 0 Å². The summed E-state index contributed by atoms with van der Waals surface area (Å²) in [4.78, 5) is 24.1. The summed E-state index contributed by atoms with van der Waals surface area (Å²) in [5, 5.41) is 11.9. The Hall–Kier alpha value is -3.33. The van der Waals surface area contributed by atoms with E-state index in [0.29, 0.717) is 42.0 Å². The number of thioether (sulfide) groups is 1. The summed E-state index contributed by atoms with van der Waals surface area (Å²) in [6.45, 7) is 9.09. The van der Waals surface area contributed by atoms with E-state index in [2.05, 4.69) is 21.6 Å². The molecule has 3 rings (SSSR count). The summed E-state index contributed by atoms with van der Waals surface area (Å²) in [6, 6.07) is 12.7. The molecule has 1 amide bonds. The molecule has 0 radical (unpaired) electrons. The number of ether oxygens (including phenoxy) is 2. The van der Waals surface area contributed by atoms with E-state index < -0.39 is 0 Å². The molecule has 0 bridgehead atoms. The minimum Gasteiger partial charge on any atom is -0.486 e. The molecule has 8 nitrogen and oxygen atoms in total. The number of benzene rings is 2. The lowest BCUT2D eigenvalue weighted by atomic mass is 10.1. The second-order valence-electron chi connectivity index (χ2n) is 7.39. The van der Waals surface area contributed by atoms with Crippen molar-refractivity contribution in [3.8, 4) is 5.75 Å². The number of aromatic nitrogens is 3. The SMILES string of the molecule is CCOC(=O)c1ccc(NC(=O)CSc2nnc(COc3cc(C)cc(C)c3)n2CC)cc1. The monoisotopic (exact) mass is 468 g/mol. The minimum atomic E-state index is -0.387. The first kappa shape index (κ1) is 24.3. The van der Waals surface area contributed by atoms with Crippen LogP contribution in [-0.2, 0) is 22.7 Å². The lowest BCUT2D eigenvalue weighted by molar-refractivity contribution is -0.113. The van der Waals surface area contributed by atoms with Crippen molar-refractivity contribution in [3.05, 3.63) is 65.0 Å². The highest BCUT2D eigenvalue weighted by atomic mass is 32.2. The van der Waals surface area contributed by atoms with Gasteiger partial charge in [-0.1, -0.05) is 17.8 Å². The maximum absolute atomic E-state index is 12.4. The molecule has 0 aliphatic heterocycles. The van der Waals surface area contributed by atoms with Gasteiger partial charge in [0.05, 0.1) is 17.9 Å². The third-order valence-corrected chi connectivity index (χ3v) is 5.65. The number of esters is 1. The molecule has 0 unspecified atom stereocenters. The number of aryl methyl sites for hydroxylation is 2. The van der Waals surface area contributed by atoms with Crippen LogP contribution >= 0.6 is 11.8 Å².